The minimum Gasteiger partial charge on any atom is -0.507 e. The van der Waals surface area contributed by atoms with E-state index in [1.165, 1.54) is 4.90 Å². The van der Waals surface area contributed by atoms with Gasteiger partial charge in [-0.1, -0.05) is 62.5 Å². The van der Waals surface area contributed by atoms with Gasteiger partial charge in [0.1, 0.15) is 5.76 Å². The molecule has 2 aromatic carbocycles. The van der Waals surface area contributed by atoms with Crippen LogP contribution in [0.4, 0.5) is 0 Å². The average molecular weight is 551 g/mol. The van der Waals surface area contributed by atoms with E-state index in [0.717, 1.165) is 8.95 Å². The van der Waals surface area contributed by atoms with E-state index in [2.05, 4.69) is 31.9 Å². The summed E-state index contributed by atoms with van der Waals surface area (Å²) in [5.74, 6) is -2.46. The third kappa shape index (κ3) is 5.43. The molecule has 1 unspecified atom stereocenters. The number of rotatable bonds is 8. The third-order valence-corrected chi connectivity index (χ3v) is 6.19. The van der Waals surface area contributed by atoms with Gasteiger partial charge in [-0.15, -0.1) is 0 Å². The number of Topliss-reactive ketones (excluding diaryl/α,β-unsaturated/α-hetero) is 1. The SMILES string of the molecule is O=C(O)CCCCCN1C(=O)C(=O)/C(=C(/O)c2ccc(Br)cc2)C1c1ccc(Br)cc1. The molecule has 31 heavy (non-hydrogen) atoms. The van der Waals surface area contributed by atoms with Crippen LogP contribution in [-0.4, -0.2) is 39.3 Å². The number of hydrogen-bond donors (Lipinski definition) is 2. The Labute approximate surface area is 196 Å². The van der Waals surface area contributed by atoms with Crippen LogP contribution in [0.15, 0.2) is 63.0 Å². The molecule has 0 aromatic heterocycles. The number of unbranched alkanes of at least 4 members (excludes halogenated alkanes) is 2. The van der Waals surface area contributed by atoms with E-state index in [-0.39, 0.29) is 17.8 Å². The summed E-state index contributed by atoms with van der Waals surface area (Å²) in [7, 11) is 0. The summed E-state index contributed by atoms with van der Waals surface area (Å²) in [5.41, 5.74) is 1.22. The Bertz CT molecular complexity index is 1020. The number of carbonyl (C=O) groups is 3. The number of aliphatic carboxylic acids is 1. The summed E-state index contributed by atoms with van der Waals surface area (Å²) in [4.78, 5) is 37.9. The lowest BCUT2D eigenvalue weighted by molar-refractivity contribution is -0.140. The molecule has 6 nitrogen and oxygen atoms in total. The Morgan fingerprint density at radius 1 is 0.871 bits per heavy atom. The Kier molecular flexibility index (Phi) is 7.67. The van der Waals surface area contributed by atoms with Crippen LogP contribution in [0.3, 0.4) is 0 Å². The fraction of sp³-hybridized carbons (Fsp3) is 0.261. The van der Waals surface area contributed by atoms with Crippen molar-refractivity contribution in [3.8, 4) is 0 Å². The quantitative estimate of drug-likeness (QED) is 0.202. The zero-order valence-corrected chi connectivity index (χ0v) is 19.7. The molecule has 0 radical (unpaired) electrons. The van der Waals surface area contributed by atoms with E-state index >= 15 is 0 Å². The molecule has 1 aliphatic heterocycles. The van der Waals surface area contributed by atoms with Crippen molar-refractivity contribution in [1.82, 2.24) is 4.90 Å². The molecule has 2 N–H and O–H groups in total. The number of ketones is 1. The summed E-state index contributed by atoms with van der Waals surface area (Å²) >= 11 is 6.74. The Hall–Kier alpha value is -2.45. The zero-order valence-electron chi connectivity index (χ0n) is 16.6. The Balaban J connectivity index is 1.96. The van der Waals surface area contributed by atoms with Gasteiger partial charge in [0.25, 0.3) is 11.7 Å². The molecule has 1 fully saturated rings. The van der Waals surface area contributed by atoms with E-state index in [1.54, 1.807) is 24.3 Å². The highest BCUT2D eigenvalue weighted by atomic mass is 79.9. The first-order valence-electron chi connectivity index (χ1n) is 9.81. The summed E-state index contributed by atoms with van der Waals surface area (Å²) in [5, 5.41) is 19.7. The number of hydrogen-bond acceptors (Lipinski definition) is 4. The van der Waals surface area contributed by atoms with Crippen LogP contribution in [0, 0.1) is 0 Å². The molecular weight excluding hydrogens is 530 g/mol. The molecule has 1 atom stereocenters. The highest BCUT2D eigenvalue weighted by Crippen LogP contribution is 2.40. The van der Waals surface area contributed by atoms with Crippen molar-refractivity contribution in [2.45, 2.75) is 31.7 Å². The van der Waals surface area contributed by atoms with Gasteiger partial charge in [-0.2, -0.15) is 0 Å². The molecule has 2 aromatic rings. The van der Waals surface area contributed by atoms with Crippen LogP contribution in [0.25, 0.3) is 5.76 Å². The number of carboxylic acids is 1. The van der Waals surface area contributed by atoms with E-state index in [4.69, 9.17) is 5.11 Å². The molecule has 0 bridgehead atoms. The first kappa shape index (κ1) is 23.2. The van der Waals surface area contributed by atoms with Crippen molar-refractivity contribution in [3.05, 3.63) is 74.2 Å². The number of halogens is 2. The standard InChI is InChI=1S/C23H21Br2NO5/c24-16-9-5-14(6-10-16)20-19(21(29)15-7-11-17(25)12-8-15)22(30)23(31)26(20)13-3-1-2-4-18(27)28/h5-12,20,29H,1-4,13H2,(H,27,28)/b21-19+. The second-order valence-corrected chi connectivity index (χ2v) is 9.09. The number of likely N-dealkylation sites (tertiary alicyclic amines) is 1. The second kappa shape index (κ2) is 10.2. The summed E-state index contributed by atoms with van der Waals surface area (Å²) in [6.45, 7) is 0.294. The highest BCUT2D eigenvalue weighted by molar-refractivity contribution is 9.10. The maximum Gasteiger partial charge on any atom is 0.303 e. The first-order valence-corrected chi connectivity index (χ1v) is 11.4. The average Bonchev–Trinajstić information content (AvgIpc) is 2.99. The molecule has 0 aliphatic carbocycles. The number of aliphatic hydroxyl groups is 1. The number of aliphatic hydroxyl groups excluding tert-OH is 1. The molecule has 3 rings (SSSR count). The second-order valence-electron chi connectivity index (χ2n) is 7.26. The third-order valence-electron chi connectivity index (χ3n) is 5.13. The smallest absolute Gasteiger partial charge is 0.303 e. The molecule has 1 amide bonds. The van der Waals surface area contributed by atoms with Gasteiger partial charge in [0.15, 0.2) is 0 Å². The minimum atomic E-state index is -0.857. The van der Waals surface area contributed by atoms with Gasteiger partial charge in [-0.05, 0) is 42.7 Å². The number of carboxylic acid groups (broad SMARTS) is 1. The molecule has 1 saturated heterocycles. The molecule has 162 valence electrons. The lowest BCUT2D eigenvalue weighted by Crippen LogP contribution is -2.30. The van der Waals surface area contributed by atoms with Gasteiger partial charge < -0.3 is 15.1 Å². The van der Waals surface area contributed by atoms with E-state index < -0.39 is 23.7 Å². The molecule has 0 saturated carbocycles. The van der Waals surface area contributed by atoms with E-state index in [9.17, 15) is 19.5 Å². The summed E-state index contributed by atoms with van der Waals surface area (Å²) < 4.78 is 1.69. The lowest BCUT2D eigenvalue weighted by Gasteiger charge is -2.25. The van der Waals surface area contributed by atoms with Crippen LogP contribution in [0.5, 0.6) is 0 Å². The molecule has 1 aliphatic rings. The topological polar surface area (TPSA) is 94.9 Å². The van der Waals surface area contributed by atoms with Crippen LogP contribution < -0.4 is 0 Å². The maximum atomic E-state index is 12.9. The van der Waals surface area contributed by atoms with Crippen LogP contribution in [0.1, 0.15) is 42.9 Å². The fourth-order valence-corrected chi connectivity index (χ4v) is 4.13. The largest absolute Gasteiger partial charge is 0.507 e. The molecule has 1 heterocycles. The van der Waals surface area contributed by atoms with Gasteiger partial charge in [-0.3, -0.25) is 14.4 Å². The highest BCUT2D eigenvalue weighted by Gasteiger charge is 2.45. The van der Waals surface area contributed by atoms with Crippen molar-refractivity contribution in [1.29, 1.82) is 0 Å². The Morgan fingerprint density at radius 3 is 2.03 bits per heavy atom. The summed E-state index contributed by atoms with van der Waals surface area (Å²) in [6.07, 6.45) is 1.75. The predicted molar refractivity (Wildman–Crippen MR) is 123 cm³/mol. The summed E-state index contributed by atoms with van der Waals surface area (Å²) in [6, 6.07) is 13.4. The lowest BCUT2D eigenvalue weighted by atomic mass is 9.95. The van der Waals surface area contributed by atoms with Gasteiger partial charge >= 0.3 is 5.97 Å². The van der Waals surface area contributed by atoms with Crippen molar-refractivity contribution in [3.63, 3.8) is 0 Å². The number of nitrogens with zero attached hydrogens (tertiary/aromatic N) is 1. The van der Waals surface area contributed by atoms with Gasteiger partial charge in [0.2, 0.25) is 0 Å². The number of carbonyl (C=O) groups excluding carboxylic acids is 2. The van der Waals surface area contributed by atoms with Crippen LogP contribution >= 0.6 is 31.9 Å². The van der Waals surface area contributed by atoms with Crippen molar-refractivity contribution >= 4 is 55.3 Å². The van der Waals surface area contributed by atoms with E-state index in [1.807, 2.05) is 24.3 Å². The minimum absolute atomic E-state index is 0.0557. The van der Waals surface area contributed by atoms with Crippen molar-refractivity contribution in [2.75, 3.05) is 6.54 Å². The maximum absolute atomic E-state index is 12.9. The van der Waals surface area contributed by atoms with E-state index in [0.29, 0.717) is 36.9 Å². The first-order chi connectivity index (χ1) is 14.8. The number of amides is 1. The predicted octanol–water partition coefficient (Wildman–Crippen LogP) is 5.28. The van der Waals surface area contributed by atoms with Gasteiger partial charge in [0.05, 0.1) is 11.6 Å². The normalized spacial score (nSPS) is 17.9. The molecule has 8 heteroatoms. The zero-order chi connectivity index (χ0) is 22.5. The van der Waals surface area contributed by atoms with Gasteiger partial charge in [0, 0.05) is 27.5 Å². The molecular formula is C23H21Br2NO5. The van der Waals surface area contributed by atoms with Crippen LogP contribution in [0.2, 0.25) is 0 Å². The van der Waals surface area contributed by atoms with Crippen molar-refractivity contribution < 1.29 is 24.6 Å². The monoisotopic (exact) mass is 549 g/mol. The van der Waals surface area contributed by atoms with Crippen molar-refractivity contribution in [2.24, 2.45) is 0 Å². The van der Waals surface area contributed by atoms with Crippen LogP contribution in [-0.2, 0) is 14.4 Å². The molecule has 0 spiro atoms. The number of benzene rings is 2. The Morgan fingerprint density at radius 2 is 1.45 bits per heavy atom. The van der Waals surface area contributed by atoms with Gasteiger partial charge in [-0.25, -0.2) is 0 Å². The fourth-order valence-electron chi connectivity index (χ4n) is 3.60.